The maximum absolute atomic E-state index is 5.57. The summed E-state index contributed by atoms with van der Waals surface area (Å²) >= 11 is 0. The highest BCUT2D eigenvalue weighted by molar-refractivity contribution is 5.03. The van der Waals surface area contributed by atoms with E-state index < -0.39 is 0 Å². The summed E-state index contributed by atoms with van der Waals surface area (Å²) < 4.78 is 13.4. The summed E-state index contributed by atoms with van der Waals surface area (Å²) in [6, 6.07) is 0.925. The number of aromatic nitrogens is 2. The topological polar surface area (TPSA) is 48.3 Å². The van der Waals surface area contributed by atoms with Crippen LogP contribution in [0.5, 0.6) is 0 Å². The van der Waals surface area contributed by atoms with E-state index in [1.54, 1.807) is 0 Å². The summed E-state index contributed by atoms with van der Waals surface area (Å²) in [5.41, 5.74) is 0. The average molecular weight is 321 g/mol. The fourth-order valence-corrected chi connectivity index (χ4v) is 4.06. The van der Waals surface area contributed by atoms with Crippen LogP contribution in [-0.2, 0) is 16.0 Å². The smallest absolute Gasteiger partial charge is 0.126 e. The van der Waals surface area contributed by atoms with Crippen LogP contribution in [0.1, 0.15) is 57.3 Å². The van der Waals surface area contributed by atoms with Gasteiger partial charge in [0.2, 0.25) is 0 Å². The van der Waals surface area contributed by atoms with Crippen LogP contribution in [-0.4, -0.2) is 42.0 Å². The second-order valence-corrected chi connectivity index (χ2v) is 6.87. The Labute approximate surface area is 139 Å². The van der Waals surface area contributed by atoms with Gasteiger partial charge in [-0.05, 0) is 51.4 Å². The predicted molar refractivity (Wildman–Crippen MR) is 90.4 cm³/mol. The van der Waals surface area contributed by atoms with Crippen molar-refractivity contribution in [2.75, 3.05) is 20.3 Å². The minimum absolute atomic E-state index is 0.345. The van der Waals surface area contributed by atoms with E-state index >= 15 is 0 Å². The Morgan fingerprint density at radius 2 is 2.00 bits per heavy atom. The minimum atomic E-state index is 0.345. The number of aryl methyl sites for hydroxylation is 1. The van der Waals surface area contributed by atoms with E-state index in [1.807, 2.05) is 13.3 Å². The van der Waals surface area contributed by atoms with Gasteiger partial charge in [-0.25, -0.2) is 4.98 Å². The lowest BCUT2D eigenvalue weighted by molar-refractivity contribution is 0.0406. The molecule has 1 atom stereocenters. The van der Waals surface area contributed by atoms with E-state index in [9.17, 15) is 0 Å². The fraction of sp³-hybridized carbons (Fsp3) is 0.833. The minimum Gasteiger partial charge on any atom is -0.381 e. The molecule has 0 bridgehead atoms. The average Bonchev–Trinajstić information content (AvgIpc) is 3.09. The Morgan fingerprint density at radius 1 is 1.26 bits per heavy atom. The van der Waals surface area contributed by atoms with Crippen molar-refractivity contribution in [1.29, 1.82) is 0 Å². The number of methoxy groups -OCH3 is 1. The Balaban J connectivity index is 1.70. The zero-order valence-corrected chi connectivity index (χ0v) is 14.5. The van der Waals surface area contributed by atoms with Crippen LogP contribution in [0.15, 0.2) is 12.4 Å². The first kappa shape index (κ1) is 16.9. The molecule has 1 aliphatic carbocycles. The molecular weight excluding hydrogens is 290 g/mol. The maximum atomic E-state index is 5.57. The van der Waals surface area contributed by atoms with Gasteiger partial charge in [-0.15, -0.1) is 0 Å². The summed E-state index contributed by atoms with van der Waals surface area (Å²) in [4.78, 5) is 4.69. The first-order valence-electron chi connectivity index (χ1n) is 9.19. The normalized spacial score (nSPS) is 27.9. The van der Waals surface area contributed by atoms with Crippen molar-refractivity contribution in [1.82, 2.24) is 14.9 Å². The van der Waals surface area contributed by atoms with E-state index in [0.717, 1.165) is 45.4 Å². The van der Waals surface area contributed by atoms with Crippen LogP contribution < -0.4 is 5.32 Å². The molecule has 0 aromatic carbocycles. The molecule has 23 heavy (non-hydrogen) atoms. The van der Waals surface area contributed by atoms with Gasteiger partial charge in [-0.3, -0.25) is 0 Å². The number of hydrogen-bond donors (Lipinski definition) is 1. The molecular formula is C18H31N3O2. The third-order valence-corrected chi connectivity index (χ3v) is 5.53. The first-order chi connectivity index (χ1) is 11.3. The standard InChI is InChI=1S/C18H31N3O2/c1-3-21-11-10-19-18(21)17(14-8-12-23-13-9-14)20-15-4-6-16(22-2)7-5-15/h10-11,14-17,20H,3-9,12-13H2,1-2H3/t15?,16?,17-/m1/s1. The lowest BCUT2D eigenvalue weighted by Crippen LogP contribution is -2.42. The quantitative estimate of drug-likeness (QED) is 0.875. The van der Waals surface area contributed by atoms with Gasteiger partial charge in [0.1, 0.15) is 5.82 Å². The molecule has 0 radical (unpaired) electrons. The van der Waals surface area contributed by atoms with Crippen molar-refractivity contribution in [2.24, 2.45) is 5.92 Å². The Kier molecular flexibility index (Phi) is 6.08. The number of nitrogens with zero attached hydrogens (tertiary/aromatic N) is 2. The summed E-state index contributed by atoms with van der Waals surface area (Å²) in [6.45, 7) is 4.93. The van der Waals surface area contributed by atoms with Gasteiger partial charge < -0.3 is 19.4 Å². The van der Waals surface area contributed by atoms with Crippen LogP contribution >= 0.6 is 0 Å². The molecule has 5 heteroatoms. The fourth-order valence-electron chi connectivity index (χ4n) is 4.06. The van der Waals surface area contributed by atoms with Crippen LogP contribution in [0.3, 0.4) is 0 Å². The number of hydrogen-bond acceptors (Lipinski definition) is 4. The van der Waals surface area contributed by atoms with Crippen molar-refractivity contribution in [3.63, 3.8) is 0 Å². The van der Waals surface area contributed by atoms with Crippen LogP contribution in [0, 0.1) is 5.92 Å². The SMILES string of the molecule is CCn1ccnc1[C@H](NC1CCC(OC)CC1)C1CCOCC1. The van der Waals surface area contributed by atoms with Gasteiger partial charge in [0, 0.05) is 45.3 Å². The third kappa shape index (κ3) is 4.14. The molecule has 0 unspecified atom stereocenters. The van der Waals surface area contributed by atoms with Crippen LogP contribution in [0.2, 0.25) is 0 Å². The molecule has 1 saturated heterocycles. The van der Waals surface area contributed by atoms with Crippen LogP contribution in [0.25, 0.3) is 0 Å². The Hall–Kier alpha value is -0.910. The zero-order chi connectivity index (χ0) is 16.1. The zero-order valence-electron chi connectivity index (χ0n) is 14.5. The van der Waals surface area contributed by atoms with Gasteiger partial charge in [0.15, 0.2) is 0 Å². The molecule has 1 aromatic heterocycles. The second kappa shape index (κ2) is 8.27. The molecule has 1 N–H and O–H groups in total. The van der Waals surface area contributed by atoms with E-state index in [2.05, 4.69) is 23.0 Å². The first-order valence-corrected chi connectivity index (χ1v) is 9.19. The highest BCUT2D eigenvalue weighted by Gasteiger charge is 2.31. The van der Waals surface area contributed by atoms with E-state index in [4.69, 9.17) is 14.5 Å². The van der Waals surface area contributed by atoms with Crippen molar-refractivity contribution in [3.8, 4) is 0 Å². The molecule has 3 rings (SSSR count). The van der Waals surface area contributed by atoms with Gasteiger partial charge >= 0.3 is 0 Å². The molecule has 1 aromatic rings. The summed E-state index contributed by atoms with van der Waals surface area (Å²) in [6.07, 6.45) is 11.5. The molecule has 130 valence electrons. The molecule has 2 fully saturated rings. The number of imidazole rings is 1. The van der Waals surface area contributed by atoms with Gasteiger partial charge in [-0.2, -0.15) is 0 Å². The molecule has 0 spiro atoms. The molecule has 2 aliphatic rings. The van der Waals surface area contributed by atoms with E-state index in [-0.39, 0.29) is 0 Å². The van der Waals surface area contributed by atoms with Gasteiger partial charge in [0.05, 0.1) is 12.1 Å². The molecule has 0 amide bonds. The highest BCUT2D eigenvalue weighted by atomic mass is 16.5. The monoisotopic (exact) mass is 321 g/mol. The number of rotatable bonds is 6. The number of nitrogens with one attached hydrogen (secondary N) is 1. The van der Waals surface area contributed by atoms with Crippen LogP contribution in [0.4, 0.5) is 0 Å². The Morgan fingerprint density at radius 3 is 2.65 bits per heavy atom. The van der Waals surface area contributed by atoms with Crippen molar-refractivity contribution >= 4 is 0 Å². The Bertz CT molecular complexity index is 463. The summed E-state index contributed by atoms with van der Waals surface area (Å²) in [5.74, 6) is 1.82. The van der Waals surface area contributed by atoms with Crippen molar-refractivity contribution in [2.45, 2.75) is 70.2 Å². The lowest BCUT2D eigenvalue weighted by atomic mass is 9.87. The maximum Gasteiger partial charge on any atom is 0.126 e. The number of ether oxygens (including phenoxy) is 2. The van der Waals surface area contributed by atoms with E-state index in [1.165, 1.54) is 18.7 Å². The van der Waals surface area contributed by atoms with Crippen molar-refractivity contribution in [3.05, 3.63) is 18.2 Å². The largest absolute Gasteiger partial charge is 0.381 e. The summed E-state index contributed by atoms with van der Waals surface area (Å²) in [7, 11) is 1.83. The van der Waals surface area contributed by atoms with Crippen molar-refractivity contribution < 1.29 is 9.47 Å². The lowest BCUT2D eigenvalue weighted by Gasteiger charge is -2.36. The highest BCUT2D eigenvalue weighted by Crippen LogP contribution is 2.32. The molecule has 2 heterocycles. The second-order valence-electron chi connectivity index (χ2n) is 6.87. The molecule has 1 aliphatic heterocycles. The molecule has 5 nitrogen and oxygen atoms in total. The summed E-state index contributed by atoms with van der Waals surface area (Å²) in [5, 5.41) is 3.95. The third-order valence-electron chi connectivity index (χ3n) is 5.53. The molecule has 1 saturated carbocycles. The predicted octanol–water partition coefficient (Wildman–Crippen LogP) is 2.92. The van der Waals surface area contributed by atoms with Gasteiger partial charge in [-0.1, -0.05) is 0 Å². The van der Waals surface area contributed by atoms with Gasteiger partial charge in [0.25, 0.3) is 0 Å². The van der Waals surface area contributed by atoms with E-state index in [0.29, 0.717) is 24.1 Å².